The van der Waals surface area contributed by atoms with Crippen LogP contribution in [0, 0.1) is 0 Å². The normalized spacial score (nSPS) is 12.1. The van der Waals surface area contributed by atoms with Crippen LogP contribution in [0.15, 0.2) is 24.3 Å². The summed E-state index contributed by atoms with van der Waals surface area (Å²) in [4.78, 5) is 19.4. The van der Waals surface area contributed by atoms with E-state index >= 15 is 0 Å². The van der Waals surface area contributed by atoms with E-state index in [-0.39, 0.29) is 5.57 Å². The second-order valence-corrected chi connectivity index (χ2v) is 2.82. The zero-order valence-electron chi connectivity index (χ0n) is 8.80. The zero-order chi connectivity index (χ0) is 12.4. The van der Waals surface area contributed by atoms with Crippen LogP contribution in [-0.4, -0.2) is 33.4 Å². The van der Waals surface area contributed by atoms with Crippen LogP contribution < -0.4 is 0 Å². The minimum absolute atomic E-state index is 0.279. The summed E-state index contributed by atoms with van der Waals surface area (Å²) in [7, 11) is 0. The number of carbonyl (C=O) groups is 2. The quantitative estimate of drug-likeness (QED) is 0.610. The Hall–Kier alpha value is -1.62. The van der Waals surface area contributed by atoms with Crippen molar-refractivity contribution in [2.45, 2.75) is 26.4 Å². The lowest BCUT2D eigenvalue weighted by atomic mass is 10.2. The molecule has 86 valence electrons. The molecule has 0 aliphatic heterocycles. The fourth-order valence-corrected chi connectivity index (χ4v) is 0.435. The molecule has 0 aliphatic carbocycles. The second-order valence-electron chi connectivity index (χ2n) is 2.82. The van der Waals surface area contributed by atoms with Crippen LogP contribution in [0.5, 0.6) is 0 Å². The van der Waals surface area contributed by atoms with Gasteiger partial charge in [0.2, 0.25) is 0 Å². The molecule has 1 atom stereocenters. The van der Waals surface area contributed by atoms with E-state index in [4.69, 9.17) is 15.3 Å². The highest BCUT2D eigenvalue weighted by Gasteiger charge is 1.99. The zero-order valence-corrected chi connectivity index (χ0v) is 8.80. The van der Waals surface area contributed by atoms with Gasteiger partial charge in [0, 0.05) is 11.6 Å². The van der Waals surface area contributed by atoms with Crippen LogP contribution in [-0.2, 0) is 9.59 Å². The summed E-state index contributed by atoms with van der Waals surface area (Å²) in [5.41, 5.74) is 0.279. The van der Waals surface area contributed by atoms with Crippen molar-refractivity contribution in [1.82, 2.24) is 0 Å². The first-order valence-electron chi connectivity index (χ1n) is 4.24. The molecule has 0 saturated carbocycles. The Morgan fingerprint density at radius 2 is 1.80 bits per heavy atom. The van der Waals surface area contributed by atoms with Gasteiger partial charge in [0.05, 0.1) is 6.10 Å². The van der Waals surface area contributed by atoms with Crippen molar-refractivity contribution in [3.8, 4) is 0 Å². The second kappa shape index (κ2) is 8.96. The number of carboxylic acid groups (broad SMARTS) is 2. The average molecular weight is 216 g/mol. The predicted octanol–water partition coefficient (Wildman–Crippen LogP) is 1.05. The summed E-state index contributed by atoms with van der Waals surface area (Å²) in [5.74, 6) is -1.91. The van der Waals surface area contributed by atoms with E-state index < -0.39 is 18.0 Å². The number of aliphatic hydroxyl groups excluding tert-OH is 1. The Morgan fingerprint density at radius 3 is 2.00 bits per heavy atom. The molecule has 0 aliphatic rings. The van der Waals surface area contributed by atoms with Crippen molar-refractivity contribution in [3.63, 3.8) is 0 Å². The molecule has 0 aromatic rings. The van der Waals surface area contributed by atoms with Gasteiger partial charge in [-0.1, -0.05) is 12.7 Å². The number of aliphatic carboxylic acids is 2. The van der Waals surface area contributed by atoms with Gasteiger partial charge in [0.1, 0.15) is 0 Å². The summed E-state index contributed by atoms with van der Waals surface area (Å²) in [6, 6.07) is 0. The lowest BCUT2D eigenvalue weighted by Gasteiger charge is -1.97. The minimum atomic E-state index is -0.981. The van der Waals surface area contributed by atoms with Crippen LogP contribution in [0.3, 0.4) is 0 Å². The number of aliphatic hydroxyl groups is 1. The molecular formula is C10H16O5. The molecular weight excluding hydrogens is 200 g/mol. The summed E-state index contributed by atoms with van der Waals surface area (Å²) in [6.07, 6.45) is 2.28. The third-order valence-corrected chi connectivity index (χ3v) is 1.28. The first kappa shape index (κ1) is 15.8. The molecule has 5 nitrogen and oxygen atoms in total. The predicted molar refractivity (Wildman–Crippen MR) is 55.5 cm³/mol. The van der Waals surface area contributed by atoms with Crippen molar-refractivity contribution >= 4 is 11.9 Å². The molecule has 0 aromatic carbocycles. The Morgan fingerprint density at radius 1 is 1.40 bits per heavy atom. The summed E-state index contributed by atoms with van der Waals surface area (Å²) < 4.78 is 0. The van der Waals surface area contributed by atoms with E-state index in [1.165, 1.54) is 13.0 Å². The molecule has 5 heteroatoms. The van der Waals surface area contributed by atoms with Gasteiger partial charge in [-0.3, -0.25) is 0 Å². The minimum Gasteiger partial charge on any atom is -0.478 e. The van der Waals surface area contributed by atoms with Crippen LogP contribution in [0.2, 0.25) is 0 Å². The molecule has 0 aromatic heterocycles. The highest BCUT2D eigenvalue weighted by Crippen LogP contribution is 1.97. The summed E-state index contributed by atoms with van der Waals surface area (Å²) in [6.45, 7) is 6.08. The van der Waals surface area contributed by atoms with E-state index in [0.29, 0.717) is 6.42 Å². The molecule has 1 unspecified atom stereocenters. The van der Waals surface area contributed by atoms with Crippen molar-refractivity contribution in [2.24, 2.45) is 0 Å². The van der Waals surface area contributed by atoms with Gasteiger partial charge in [-0.2, -0.15) is 0 Å². The van der Waals surface area contributed by atoms with E-state index in [1.54, 1.807) is 6.92 Å². The maximum Gasteiger partial charge on any atom is 0.330 e. The Bertz CT molecular complexity index is 253. The van der Waals surface area contributed by atoms with Crippen molar-refractivity contribution < 1.29 is 24.9 Å². The Balaban J connectivity index is 0. The molecule has 0 heterocycles. The van der Waals surface area contributed by atoms with Gasteiger partial charge in [0.25, 0.3) is 0 Å². The molecule has 0 fully saturated rings. The number of rotatable bonds is 4. The molecule has 3 N–H and O–H groups in total. The van der Waals surface area contributed by atoms with E-state index in [1.807, 2.05) is 0 Å². The molecule has 15 heavy (non-hydrogen) atoms. The van der Waals surface area contributed by atoms with E-state index in [2.05, 4.69) is 6.58 Å². The highest BCUT2D eigenvalue weighted by atomic mass is 16.4. The molecule has 0 rings (SSSR count). The maximum atomic E-state index is 10.2. The SMILES string of the molecule is C=CC(=O)O.CC(=CCC(C)O)C(=O)O. The van der Waals surface area contributed by atoms with Crippen molar-refractivity contribution in [2.75, 3.05) is 0 Å². The van der Waals surface area contributed by atoms with Gasteiger partial charge in [-0.25, -0.2) is 9.59 Å². The third-order valence-electron chi connectivity index (χ3n) is 1.28. The van der Waals surface area contributed by atoms with Crippen molar-refractivity contribution in [1.29, 1.82) is 0 Å². The van der Waals surface area contributed by atoms with Gasteiger partial charge in [0.15, 0.2) is 0 Å². The highest BCUT2D eigenvalue weighted by molar-refractivity contribution is 5.85. The molecule has 0 bridgehead atoms. The smallest absolute Gasteiger partial charge is 0.330 e. The van der Waals surface area contributed by atoms with E-state index in [9.17, 15) is 9.59 Å². The van der Waals surface area contributed by atoms with Gasteiger partial charge in [-0.05, 0) is 20.3 Å². The van der Waals surface area contributed by atoms with Crippen LogP contribution in [0.1, 0.15) is 20.3 Å². The van der Waals surface area contributed by atoms with Crippen LogP contribution in [0.25, 0.3) is 0 Å². The lowest BCUT2D eigenvalue weighted by Crippen LogP contribution is -2.00. The number of hydrogen-bond acceptors (Lipinski definition) is 3. The largest absolute Gasteiger partial charge is 0.478 e. The third kappa shape index (κ3) is 15.2. The first-order chi connectivity index (χ1) is 6.81. The van der Waals surface area contributed by atoms with Gasteiger partial charge < -0.3 is 15.3 Å². The monoisotopic (exact) mass is 216 g/mol. The summed E-state index contributed by atoms with van der Waals surface area (Å²) >= 11 is 0. The molecule has 0 amide bonds. The molecule has 0 saturated heterocycles. The lowest BCUT2D eigenvalue weighted by molar-refractivity contribution is -0.133. The van der Waals surface area contributed by atoms with Gasteiger partial charge in [-0.15, -0.1) is 0 Å². The maximum absolute atomic E-state index is 10.2. The van der Waals surface area contributed by atoms with Crippen LogP contribution in [0.4, 0.5) is 0 Å². The molecule has 0 radical (unpaired) electrons. The summed E-state index contributed by atoms with van der Waals surface area (Å²) in [5, 5.41) is 24.7. The first-order valence-corrected chi connectivity index (χ1v) is 4.24. The molecule has 0 spiro atoms. The van der Waals surface area contributed by atoms with E-state index in [0.717, 1.165) is 6.08 Å². The Kier molecular flexibility index (Phi) is 9.45. The standard InChI is InChI=1S/C7H12O3.C3H4O2/c1-5(7(9)10)3-4-6(2)8;1-2-3(4)5/h3,6,8H,4H2,1-2H3,(H,9,10);2H,1H2,(H,4,5). The fraction of sp³-hybridized carbons (Fsp3) is 0.400. The van der Waals surface area contributed by atoms with Gasteiger partial charge >= 0.3 is 11.9 Å². The van der Waals surface area contributed by atoms with Crippen molar-refractivity contribution in [3.05, 3.63) is 24.3 Å². The Labute approximate surface area is 88.4 Å². The number of carboxylic acids is 2. The topological polar surface area (TPSA) is 94.8 Å². The number of hydrogen-bond donors (Lipinski definition) is 3. The van der Waals surface area contributed by atoms with Crippen LogP contribution >= 0.6 is 0 Å². The fourth-order valence-electron chi connectivity index (χ4n) is 0.435. The average Bonchev–Trinajstić information content (AvgIpc) is 2.14.